The molecular formula is C14H17F2N3O2. The first-order chi connectivity index (χ1) is 10.2. The number of nitrogens with zero attached hydrogens (tertiary/aromatic N) is 2. The number of ether oxygens (including phenoxy) is 2. The zero-order valence-corrected chi connectivity index (χ0v) is 11.6. The standard InChI is InChI=1S/C14H17F2N3O2/c1-20-12-3-2-11(8-13(12)21-14(15)16)9-17-4-6-19-7-5-18-10-19/h2-3,5,7-8,10,14,17H,4,6,9H2,1H3. The van der Waals surface area contributed by atoms with E-state index in [0.717, 1.165) is 18.7 Å². The highest BCUT2D eigenvalue weighted by Gasteiger charge is 2.11. The minimum absolute atomic E-state index is 0.0430. The van der Waals surface area contributed by atoms with Crippen molar-refractivity contribution >= 4 is 0 Å². The summed E-state index contributed by atoms with van der Waals surface area (Å²) in [7, 11) is 1.41. The van der Waals surface area contributed by atoms with Crippen LogP contribution < -0.4 is 14.8 Å². The quantitative estimate of drug-likeness (QED) is 0.759. The second-order valence-corrected chi connectivity index (χ2v) is 4.34. The Balaban J connectivity index is 1.87. The van der Waals surface area contributed by atoms with Crippen LogP contribution in [0.15, 0.2) is 36.9 Å². The SMILES string of the molecule is COc1ccc(CNCCn2ccnc2)cc1OC(F)F. The summed E-state index contributed by atoms with van der Waals surface area (Å²) in [6.07, 6.45) is 5.34. The van der Waals surface area contributed by atoms with Crippen LogP contribution >= 0.6 is 0 Å². The Labute approximate surface area is 121 Å². The summed E-state index contributed by atoms with van der Waals surface area (Å²) in [5.41, 5.74) is 0.845. The minimum Gasteiger partial charge on any atom is -0.493 e. The van der Waals surface area contributed by atoms with Gasteiger partial charge in [0.25, 0.3) is 0 Å². The number of nitrogens with one attached hydrogen (secondary N) is 1. The summed E-state index contributed by atoms with van der Waals surface area (Å²) < 4.78 is 36.0. The van der Waals surface area contributed by atoms with Gasteiger partial charge in [0, 0.05) is 32.0 Å². The molecule has 2 rings (SSSR count). The number of methoxy groups -OCH3 is 1. The first-order valence-corrected chi connectivity index (χ1v) is 6.47. The van der Waals surface area contributed by atoms with Gasteiger partial charge in [-0.1, -0.05) is 6.07 Å². The van der Waals surface area contributed by atoms with E-state index in [-0.39, 0.29) is 11.5 Å². The molecule has 0 saturated carbocycles. The molecule has 0 saturated heterocycles. The Morgan fingerprint density at radius 1 is 1.33 bits per heavy atom. The molecule has 0 amide bonds. The van der Waals surface area contributed by atoms with Gasteiger partial charge in [0.2, 0.25) is 0 Å². The zero-order valence-electron chi connectivity index (χ0n) is 11.6. The molecule has 1 aromatic heterocycles. The average molecular weight is 297 g/mol. The lowest BCUT2D eigenvalue weighted by Gasteiger charge is -2.12. The van der Waals surface area contributed by atoms with E-state index in [1.54, 1.807) is 30.7 Å². The Morgan fingerprint density at radius 3 is 2.86 bits per heavy atom. The van der Waals surface area contributed by atoms with E-state index >= 15 is 0 Å². The molecule has 0 fully saturated rings. The largest absolute Gasteiger partial charge is 0.493 e. The van der Waals surface area contributed by atoms with Crippen LogP contribution in [0.2, 0.25) is 0 Å². The Kier molecular flexibility index (Phi) is 5.51. The predicted molar refractivity (Wildman–Crippen MR) is 73.6 cm³/mol. The second-order valence-electron chi connectivity index (χ2n) is 4.34. The first-order valence-electron chi connectivity index (χ1n) is 6.47. The van der Waals surface area contributed by atoms with Gasteiger partial charge in [0.15, 0.2) is 11.5 Å². The van der Waals surface area contributed by atoms with Crippen molar-refractivity contribution in [2.24, 2.45) is 0 Å². The maximum atomic E-state index is 12.3. The van der Waals surface area contributed by atoms with Gasteiger partial charge in [-0.25, -0.2) is 4.98 Å². The number of hydrogen-bond acceptors (Lipinski definition) is 4. The van der Waals surface area contributed by atoms with Crippen molar-refractivity contribution in [3.05, 3.63) is 42.5 Å². The van der Waals surface area contributed by atoms with Gasteiger partial charge < -0.3 is 19.4 Å². The first kappa shape index (κ1) is 15.2. The van der Waals surface area contributed by atoms with Crippen LogP contribution in [0.3, 0.4) is 0 Å². The van der Waals surface area contributed by atoms with Crippen molar-refractivity contribution in [1.82, 2.24) is 14.9 Å². The molecule has 2 aromatic rings. The van der Waals surface area contributed by atoms with E-state index in [1.807, 2.05) is 10.8 Å². The highest BCUT2D eigenvalue weighted by molar-refractivity contribution is 5.42. The van der Waals surface area contributed by atoms with E-state index in [9.17, 15) is 8.78 Å². The van der Waals surface area contributed by atoms with Crippen LogP contribution in [0.5, 0.6) is 11.5 Å². The van der Waals surface area contributed by atoms with E-state index in [0.29, 0.717) is 6.54 Å². The van der Waals surface area contributed by atoms with Crippen LogP contribution in [-0.2, 0) is 13.1 Å². The van der Waals surface area contributed by atoms with Gasteiger partial charge in [-0.3, -0.25) is 0 Å². The van der Waals surface area contributed by atoms with Gasteiger partial charge in [0.05, 0.1) is 13.4 Å². The van der Waals surface area contributed by atoms with Crippen molar-refractivity contribution in [2.75, 3.05) is 13.7 Å². The third-order valence-corrected chi connectivity index (χ3v) is 2.88. The molecule has 0 aliphatic heterocycles. The zero-order chi connectivity index (χ0) is 15.1. The van der Waals surface area contributed by atoms with Crippen molar-refractivity contribution in [3.63, 3.8) is 0 Å². The third-order valence-electron chi connectivity index (χ3n) is 2.88. The molecule has 0 bridgehead atoms. The number of hydrogen-bond donors (Lipinski definition) is 1. The summed E-state index contributed by atoms with van der Waals surface area (Å²) in [6, 6.07) is 4.97. The lowest BCUT2D eigenvalue weighted by atomic mass is 10.2. The van der Waals surface area contributed by atoms with E-state index < -0.39 is 6.61 Å². The fourth-order valence-corrected chi connectivity index (χ4v) is 1.88. The minimum atomic E-state index is -2.87. The van der Waals surface area contributed by atoms with Gasteiger partial charge in [-0.15, -0.1) is 0 Å². The fourth-order valence-electron chi connectivity index (χ4n) is 1.88. The van der Waals surface area contributed by atoms with Crippen LogP contribution in [0.4, 0.5) is 8.78 Å². The number of halogens is 2. The van der Waals surface area contributed by atoms with Crippen molar-refractivity contribution in [3.8, 4) is 11.5 Å². The number of benzene rings is 1. The number of alkyl halides is 2. The smallest absolute Gasteiger partial charge is 0.387 e. The molecule has 1 aromatic carbocycles. The van der Waals surface area contributed by atoms with Crippen LogP contribution in [0.1, 0.15) is 5.56 Å². The number of imidazole rings is 1. The fraction of sp³-hybridized carbons (Fsp3) is 0.357. The molecule has 0 aliphatic rings. The second kappa shape index (κ2) is 7.58. The highest BCUT2D eigenvalue weighted by Crippen LogP contribution is 2.29. The molecule has 5 nitrogen and oxygen atoms in total. The molecule has 0 atom stereocenters. The van der Waals surface area contributed by atoms with Gasteiger partial charge in [0.1, 0.15) is 0 Å². The van der Waals surface area contributed by atoms with E-state index in [4.69, 9.17) is 4.74 Å². The molecule has 1 N–H and O–H groups in total. The predicted octanol–water partition coefficient (Wildman–Crippen LogP) is 2.28. The van der Waals surface area contributed by atoms with Crippen molar-refractivity contribution < 1.29 is 18.3 Å². The monoisotopic (exact) mass is 297 g/mol. The third kappa shape index (κ3) is 4.71. The molecule has 7 heteroatoms. The Morgan fingerprint density at radius 2 is 2.19 bits per heavy atom. The van der Waals surface area contributed by atoms with Gasteiger partial charge in [-0.05, 0) is 17.7 Å². The topological polar surface area (TPSA) is 48.3 Å². The molecule has 0 radical (unpaired) electrons. The molecule has 0 spiro atoms. The van der Waals surface area contributed by atoms with Crippen LogP contribution in [0.25, 0.3) is 0 Å². The van der Waals surface area contributed by atoms with Crippen molar-refractivity contribution in [1.29, 1.82) is 0 Å². The van der Waals surface area contributed by atoms with Gasteiger partial charge in [-0.2, -0.15) is 8.78 Å². The lowest BCUT2D eigenvalue weighted by Crippen LogP contribution is -2.19. The van der Waals surface area contributed by atoms with E-state index in [2.05, 4.69) is 15.0 Å². The maximum Gasteiger partial charge on any atom is 0.387 e. The van der Waals surface area contributed by atoms with Gasteiger partial charge >= 0.3 is 6.61 Å². The summed E-state index contributed by atoms with van der Waals surface area (Å²) in [4.78, 5) is 3.95. The Bertz CT molecular complexity index is 547. The summed E-state index contributed by atoms with van der Waals surface area (Å²) in [5, 5.41) is 3.23. The molecule has 114 valence electrons. The van der Waals surface area contributed by atoms with Crippen LogP contribution in [0, 0.1) is 0 Å². The molecular weight excluding hydrogens is 280 g/mol. The van der Waals surface area contributed by atoms with Crippen LogP contribution in [-0.4, -0.2) is 29.8 Å². The number of aromatic nitrogens is 2. The van der Waals surface area contributed by atoms with E-state index in [1.165, 1.54) is 7.11 Å². The summed E-state index contributed by atoms with van der Waals surface area (Å²) in [5.74, 6) is 0.332. The molecule has 0 unspecified atom stereocenters. The molecule has 0 aliphatic carbocycles. The maximum absolute atomic E-state index is 12.3. The Hall–Kier alpha value is -2.15. The number of rotatable bonds is 8. The summed E-state index contributed by atoms with van der Waals surface area (Å²) in [6.45, 7) is -0.786. The summed E-state index contributed by atoms with van der Waals surface area (Å²) >= 11 is 0. The van der Waals surface area contributed by atoms with Crippen molar-refractivity contribution in [2.45, 2.75) is 19.7 Å². The average Bonchev–Trinajstić information content (AvgIpc) is 2.96. The normalized spacial score (nSPS) is 10.9. The highest BCUT2D eigenvalue weighted by atomic mass is 19.3. The lowest BCUT2D eigenvalue weighted by molar-refractivity contribution is -0.0512. The molecule has 1 heterocycles. The molecule has 21 heavy (non-hydrogen) atoms.